The van der Waals surface area contributed by atoms with Gasteiger partial charge in [0, 0.05) is 21.7 Å². The molecule has 0 unspecified atom stereocenters. The maximum absolute atomic E-state index is 12.9. The van der Waals surface area contributed by atoms with Crippen molar-refractivity contribution in [2.45, 2.75) is 52.4 Å². The summed E-state index contributed by atoms with van der Waals surface area (Å²) in [4.78, 5) is 27.3. The van der Waals surface area contributed by atoms with E-state index in [4.69, 9.17) is 24.2 Å². The molecule has 1 aliphatic rings. The Labute approximate surface area is 289 Å². The Morgan fingerprint density at radius 1 is 1.06 bits per heavy atom. The highest BCUT2D eigenvalue weighted by atomic mass is 32.1. The molecule has 6 rings (SSSR count). The molecule has 1 fully saturated rings. The predicted octanol–water partition coefficient (Wildman–Crippen LogP) is 7.01. The Hall–Kier alpha value is -4.11. The smallest absolute Gasteiger partial charge is 0.360 e. The number of nitrogens with zero attached hydrogens (tertiary/aromatic N) is 7. The first kappa shape index (κ1) is 33.8. The van der Waals surface area contributed by atoms with Crippen molar-refractivity contribution in [1.82, 2.24) is 19.7 Å². The molecule has 1 aliphatic heterocycles. The molecular weight excluding hydrogens is 663 g/mol. The molecule has 11 nitrogen and oxygen atoms in total. The van der Waals surface area contributed by atoms with Gasteiger partial charge in [-0.15, -0.1) is 10.2 Å². The number of thiazole rings is 2. The van der Waals surface area contributed by atoms with Crippen molar-refractivity contribution in [3.8, 4) is 5.75 Å². The van der Waals surface area contributed by atoms with E-state index in [1.807, 2.05) is 67.4 Å². The largest absolute Gasteiger partial charge is 0.487 e. The molecule has 0 spiro atoms. The Balaban J connectivity index is 1.22. The van der Waals surface area contributed by atoms with Crippen molar-refractivity contribution in [3.63, 3.8) is 0 Å². The highest BCUT2D eigenvalue weighted by molar-refractivity contribution is 7.20. The number of anilines is 3. The molecule has 5 aromatic rings. The molecule has 4 heterocycles. The van der Waals surface area contributed by atoms with Gasteiger partial charge >= 0.3 is 5.97 Å². The fourth-order valence-corrected chi connectivity index (χ4v) is 7.87. The third-order valence-electron chi connectivity index (χ3n) is 7.83. The van der Waals surface area contributed by atoms with Crippen LogP contribution in [0.4, 0.5) is 21.8 Å². The molecule has 48 heavy (non-hydrogen) atoms. The number of hydrogen-bond donors (Lipinski definition) is 0. The normalized spacial score (nSPS) is 14.0. The number of carbonyl (C=O) groups excluding carboxylic acids is 1. The number of ether oxygens (including phenoxy) is 3. The van der Waals surface area contributed by atoms with Crippen LogP contribution in [-0.4, -0.2) is 73.2 Å². The summed E-state index contributed by atoms with van der Waals surface area (Å²) in [6.45, 7) is 13.5. The van der Waals surface area contributed by atoms with Gasteiger partial charge in [0.15, 0.2) is 27.3 Å². The standard InChI is InChI=1S/C34H41N7O4S2Si/c1-7-44-32(42)29-31(40-20-25(21-40)45-24-13-9-8-10-14-24)47-33(35-29)39(3)28-19-23(2)30(38-37-28)36-34-41(22-43-17-18-48(4,5)6)26-15-11-12-16-27(26)46-34/h8-16,19,25H,7,17-18,20-22H2,1-6H3/b36-34-. The Bertz CT molecular complexity index is 1950. The van der Waals surface area contributed by atoms with Crippen LogP contribution in [0.5, 0.6) is 5.75 Å². The number of fused-ring (bicyclic) bond motifs is 1. The van der Waals surface area contributed by atoms with Crippen LogP contribution in [-0.2, 0) is 16.2 Å². The van der Waals surface area contributed by atoms with E-state index in [1.165, 1.54) is 11.3 Å². The SMILES string of the molecule is CCOC(=O)c1nc(N(C)c2cc(C)c(/N=c3\sc4ccccc4n3COCC[Si](C)(C)C)nn2)sc1N1CC(Oc2ccccc2)C1. The predicted molar refractivity (Wildman–Crippen MR) is 195 cm³/mol. The number of esters is 1. The van der Waals surface area contributed by atoms with Gasteiger partial charge in [0.25, 0.3) is 0 Å². The Morgan fingerprint density at radius 2 is 1.81 bits per heavy atom. The van der Waals surface area contributed by atoms with Crippen LogP contribution in [0, 0.1) is 6.92 Å². The second-order valence-electron chi connectivity index (χ2n) is 12.8. The minimum absolute atomic E-state index is 0.0202. The van der Waals surface area contributed by atoms with Gasteiger partial charge < -0.3 is 24.0 Å². The molecule has 1 saturated heterocycles. The van der Waals surface area contributed by atoms with E-state index in [-0.39, 0.29) is 12.7 Å². The van der Waals surface area contributed by atoms with E-state index in [0.29, 0.717) is 42.3 Å². The number of aryl methyl sites for hydroxylation is 1. The van der Waals surface area contributed by atoms with E-state index >= 15 is 0 Å². The van der Waals surface area contributed by atoms with Gasteiger partial charge in [-0.1, -0.05) is 72.6 Å². The molecule has 0 atom stereocenters. The lowest BCUT2D eigenvalue weighted by Gasteiger charge is -2.39. The summed E-state index contributed by atoms with van der Waals surface area (Å²) in [5.74, 6) is 1.50. The van der Waals surface area contributed by atoms with Crippen molar-refractivity contribution in [3.05, 3.63) is 76.7 Å². The summed E-state index contributed by atoms with van der Waals surface area (Å²) in [6.07, 6.45) is 0.0202. The fourth-order valence-electron chi connectivity index (χ4n) is 5.05. The Morgan fingerprint density at radius 3 is 2.54 bits per heavy atom. The summed E-state index contributed by atoms with van der Waals surface area (Å²) in [7, 11) is 0.670. The van der Waals surface area contributed by atoms with Crippen molar-refractivity contribution in [1.29, 1.82) is 0 Å². The number of hydrogen-bond acceptors (Lipinski definition) is 12. The average molecular weight is 704 g/mol. The van der Waals surface area contributed by atoms with Crippen LogP contribution in [0.15, 0.2) is 65.7 Å². The summed E-state index contributed by atoms with van der Waals surface area (Å²) < 4.78 is 20.8. The number of benzene rings is 2. The number of para-hydroxylation sites is 2. The molecule has 14 heteroatoms. The number of rotatable bonds is 13. The van der Waals surface area contributed by atoms with Crippen molar-refractivity contribution in [2.24, 2.45) is 4.99 Å². The van der Waals surface area contributed by atoms with E-state index < -0.39 is 14.0 Å². The van der Waals surface area contributed by atoms with E-state index in [9.17, 15) is 4.79 Å². The molecule has 0 amide bonds. The summed E-state index contributed by atoms with van der Waals surface area (Å²) >= 11 is 3.02. The minimum atomic E-state index is -1.20. The highest BCUT2D eigenvalue weighted by Crippen LogP contribution is 2.39. The number of carbonyl (C=O) groups is 1. The molecular formula is C34H41N7O4S2Si. The molecule has 0 aliphatic carbocycles. The zero-order valence-corrected chi connectivity index (χ0v) is 30.8. The Kier molecular flexibility index (Phi) is 10.2. The summed E-state index contributed by atoms with van der Waals surface area (Å²) in [5.41, 5.74) is 2.23. The van der Waals surface area contributed by atoms with Gasteiger partial charge in [-0.3, -0.25) is 4.57 Å². The molecule has 0 bridgehead atoms. The van der Waals surface area contributed by atoms with E-state index in [1.54, 1.807) is 18.3 Å². The van der Waals surface area contributed by atoms with Crippen LogP contribution >= 0.6 is 22.7 Å². The topological polar surface area (TPSA) is 107 Å². The second-order valence-corrected chi connectivity index (χ2v) is 20.4. The van der Waals surface area contributed by atoms with E-state index in [0.717, 1.165) is 44.0 Å². The van der Waals surface area contributed by atoms with Gasteiger partial charge in [-0.25, -0.2) is 9.78 Å². The maximum Gasteiger partial charge on any atom is 0.360 e. The average Bonchev–Trinajstić information content (AvgIpc) is 3.63. The lowest BCUT2D eigenvalue weighted by atomic mass is 10.1. The van der Waals surface area contributed by atoms with Crippen LogP contribution in [0.25, 0.3) is 10.2 Å². The van der Waals surface area contributed by atoms with Crippen molar-refractivity contribution in [2.75, 3.05) is 43.2 Å². The van der Waals surface area contributed by atoms with Crippen LogP contribution in [0.2, 0.25) is 25.7 Å². The van der Waals surface area contributed by atoms with Crippen LogP contribution in [0.3, 0.4) is 0 Å². The van der Waals surface area contributed by atoms with E-state index in [2.05, 4.69) is 51.4 Å². The first-order valence-corrected chi connectivity index (χ1v) is 21.4. The molecule has 252 valence electrons. The first-order chi connectivity index (χ1) is 23.1. The monoisotopic (exact) mass is 703 g/mol. The van der Waals surface area contributed by atoms with Crippen molar-refractivity contribution >= 4 is 68.7 Å². The molecule has 0 saturated carbocycles. The fraction of sp³-hybridized carbons (Fsp3) is 0.382. The first-order valence-electron chi connectivity index (χ1n) is 16.0. The third-order valence-corrected chi connectivity index (χ3v) is 11.8. The van der Waals surface area contributed by atoms with Gasteiger partial charge in [0.1, 0.15) is 23.6 Å². The molecule has 0 radical (unpaired) electrons. The van der Waals surface area contributed by atoms with Crippen molar-refractivity contribution < 1.29 is 19.0 Å². The minimum Gasteiger partial charge on any atom is -0.487 e. The van der Waals surface area contributed by atoms with Crippen LogP contribution in [0.1, 0.15) is 23.0 Å². The zero-order valence-electron chi connectivity index (χ0n) is 28.2. The van der Waals surface area contributed by atoms with Gasteiger partial charge in [-0.2, -0.15) is 4.99 Å². The van der Waals surface area contributed by atoms with Gasteiger partial charge in [0.2, 0.25) is 0 Å². The highest BCUT2D eigenvalue weighted by Gasteiger charge is 2.35. The summed E-state index contributed by atoms with van der Waals surface area (Å²) in [5, 5.41) is 10.4. The van der Waals surface area contributed by atoms with Gasteiger partial charge in [0.05, 0.1) is 29.9 Å². The lowest BCUT2D eigenvalue weighted by molar-refractivity contribution is 0.0520. The van der Waals surface area contributed by atoms with Crippen LogP contribution < -0.4 is 19.3 Å². The second kappa shape index (κ2) is 14.6. The zero-order chi connectivity index (χ0) is 33.8. The summed E-state index contributed by atoms with van der Waals surface area (Å²) in [6, 6.07) is 21.0. The molecule has 2 aromatic carbocycles. The third kappa shape index (κ3) is 7.78. The number of aromatic nitrogens is 4. The maximum atomic E-state index is 12.9. The lowest BCUT2D eigenvalue weighted by Crippen LogP contribution is -2.54. The molecule has 3 aromatic heterocycles. The quantitative estimate of drug-likeness (QED) is 0.0727. The molecule has 0 N–H and O–H groups in total. The van der Waals surface area contributed by atoms with Gasteiger partial charge in [-0.05, 0) is 55.8 Å².